The molecule has 1 saturated heterocycles. The molecule has 0 N–H and O–H groups in total. The average molecular weight is 439 g/mol. The van der Waals surface area contributed by atoms with Crippen LogP contribution < -0.4 is 5.56 Å². The minimum absolute atomic E-state index is 0.0802. The summed E-state index contributed by atoms with van der Waals surface area (Å²) < 4.78 is 11.1. The van der Waals surface area contributed by atoms with Crippen LogP contribution in [-0.2, 0) is 31.0 Å². The SMILES string of the molecule is Cc1cc(C)n(-c2ccc(=O)n(CCN3CCN(Cc4cnc5n4CCOC5)CC3)n2)n1. The third-order valence-electron chi connectivity index (χ3n) is 6.27. The number of rotatable bonds is 6. The monoisotopic (exact) mass is 438 g/mol. The highest BCUT2D eigenvalue weighted by Crippen LogP contribution is 2.15. The summed E-state index contributed by atoms with van der Waals surface area (Å²) in [6, 6.07) is 5.32. The predicted molar refractivity (Wildman–Crippen MR) is 119 cm³/mol. The quantitative estimate of drug-likeness (QED) is 0.557. The van der Waals surface area contributed by atoms with Crippen LogP contribution in [0.15, 0.2) is 29.2 Å². The molecule has 2 aliphatic rings. The van der Waals surface area contributed by atoms with Crippen LogP contribution in [0.5, 0.6) is 0 Å². The Morgan fingerprint density at radius 3 is 2.59 bits per heavy atom. The molecule has 0 aromatic carbocycles. The van der Waals surface area contributed by atoms with Crippen molar-refractivity contribution < 1.29 is 4.74 Å². The maximum Gasteiger partial charge on any atom is 0.266 e. The van der Waals surface area contributed by atoms with E-state index in [0.29, 0.717) is 19.0 Å². The van der Waals surface area contributed by atoms with E-state index < -0.39 is 0 Å². The highest BCUT2D eigenvalue weighted by molar-refractivity contribution is 5.23. The molecule has 32 heavy (non-hydrogen) atoms. The van der Waals surface area contributed by atoms with Crippen LogP contribution in [-0.4, -0.2) is 78.2 Å². The van der Waals surface area contributed by atoms with E-state index in [4.69, 9.17) is 4.74 Å². The molecule has 0 unspecified atom stereocenters. The molecule has 0 radical (unpaired) electrons. The van der Waals surface area contributed by atoms with Gasteiger partial charge >= 0.3 is 0 Å². The number of fused-ring (bicyclic) bond motifs is 1. The molecule has 5 heterocycles. The smallest absolute Gasteiger partial charge is 0.266 e. The van der Waals surface area contributed by atoms with Crippen molar-refractivity contribution in [3.63, 3.8) is 0 Å². The molecule has 10 nitrogen and oxygen atoms in total. The number of ether oxygens (including phenoxy) is 1. The Morgan fingerprint density at radius 1 is 1.00 bits per heavy atom. The van der Waals surface area contributed by atoms with Crippen molar-refractivity contribution in [2.24, 2.45) is 0 Å². The Morgan fingerprint density at radius 2 is 1.81 bits per heavy atom. The van der Waals surface area contributed by atoms with E-state index in [-0.39, 0.29) is 5.56 Å². The van der Waals surface area contributed by atoms with Gasteiger partial charge in [-0.25, -0.2) is 14.3 Å². The fraction of sp³-hybridized carbons (Fsp3) is 0.545. The largest absolute Gasteiger partial charge is 0.372 e. The molecule has 3 aromatic heterocycles. The molecule has 0 spiro atoms. The van der Waals surface area contributed by atoms with Crippen molar-refractivity contribution in [1.29, 1.82) is 0 Å². The first-order chi connectivity index (χ1) is 15.6. The molecule has 0 amide bonds. The van der Waals surface area contributed by atoms with E-state index in [1.165, 1.54) is 5.69 Å². The maximum absolute atomic E-state index is 12.3. The molecule has 0 atom stereocenters. The van der Waals surface area contributed by atoms with Gasteiger partial charge in [0.05, 0.1) is 24.5 Å². The first-order valence-corrected chi connectivity index (χ1v) is 11.2. The summed E-state index contributed by atoms with van der Waals surface area (Å²) in [5.74, 6) is 1.71. The third-order valence-corrected chi connectivity index (χ3v) is 6.27. The van der Waals surface area contributed by atoms with Crippen LogP contribution in [0.4, 0.5) is 0 Å². The van der Waals surface area contributed by atoms with Crippen LogP contribution in [0, 0.1) is 13.8 Å². The van der Waals surface area contributed by atoms with E-state index in [2.05, 4.69) is 29.5 Å². The van der Waals surface area contributed by atoms with Crippen molar-refractivity contribution in [1.82, 2.24) is 38.9 Å². The molecule has 3 aromatic rings. The number of aryl methyl sites for hydroxylation is 2. The van der Waals surface area contributed by atoms with Gasteiger partial charge in [-0.05, 0) is 26.0 Å². The molecule has 10 heteroatoms. The zero-order chi connectivity index (χ0) is 22.1. The third kappa shape index (κ3) is 4.38. The molecule has 170 valence electrons. The summed E-state index contributed by atoms with van der Waals surface area (Å²) >= 11 is 0. The van der Waals surface area contributed by atoms with Gasteiger partial charge in [0.1, 0.15) is 12.4 Å². The van der Waals surface area contributed by atoms with E-state index in [1.54, 1.807) is 21.5 Å². The van der Waals surface area contributed by atoms with E-state index in [1.807, 2.05) is 26.1 Å². The van der Waals surface area contributed by atoms with Crippen molar-refractivity contribution in [3.8, 4) is 5.82 Å². The lowest BCUT2D eigenvalue weighted by Gasteiger charge is -2.34. The highest BCUT2D eigenvalue weighted by Gasteiger charge is 2.20. The molecule has 2 aliphatic heterocycles. The lowest BCUT2D eigenvalue weighted by molar-refractivity contribution is 0.0778. The van der Waals surface area contributed by atoms with Crippen molar-refractivity contribution in [3.05, 3.63) is 57.7 Å². The minimum Gasteiger partial charge on any atom is -0.372 e. The predicted octanol–water partition coefficient (Wildman–Crippen LogP) is 0.590. The van der Waals surface area contributed by atoms with Crippen LogP contribution in [0.1, 0.15) is 22.9 Å². The summed E-state index contributed by atoms with van der Waals surface area (Å²) in [6.07, 6.45) is 1.99. The Bertz CT molecular complexity index is 1140. The molecular formula is C22H30N8O2. The van der Waals surface area contributed by atoms with Gasteiger partial charge in [0.15, 0.2) is 5.82 Å². The maximum atomic E-state index is 12.3. The highest BCUT2D eigenvalue weighted by atomic mass is 16.5. The summed E-state index contributed by atoms with van der Waals surface area (Å²) in [5, 5.41) is 9.03. The number of nitrogens with zero attached hydrogens (tertiary/aromatic N) is 8. The number of piperazine rings is 1. The Hall–Kier alpha value is -2.82. The summed E-state index contributed by atoms with van der Waals surface area (Å²) in [6.45, 7) is 12.5. The second kappa shape index (κ2) is 8.97. The zero-order valence-electron chi connectivity index (χ0n) is 18.8. The first-order valence-electron chi connectivity index (χ1n) is 11.2. The Labute approximate surface area is 187 Å². The van der Waals surface area contributed by atoms with Crippen molar-refractivity contribution in [2.45, 2.75) is 40.1 Å². The molecule has 0 saturated carbocycles. The lowest BCUT2D eigenvalue weighted by atomic mass is 10.3. The second-order valence-corrected chi connectivity index (χ2v) is 8.58. The first kappa shape index (κ1) is 21.0. The van der Waals surface area contributed by atoms with Gasteiger partial charge in [0, 0.05) is 63.8 Å². The van der Waals surface area contributed by atoms with E-state index >= 15 is 0 Å². The van der Waals surface area contributed by atoms with Gasteiger partial charge in [0.25, 0.3) is 5.56 Å². The fourth-order valence-electron chi connectivity index (χ4n) is 4.50. The number of hydrogen-bond acceptors (Lipinski definition) is 7. The van der Waals surface area contributed by atoms with Gasteiger partial charge < -0.3 is 9.30 Å². The van der Waals surface area contributed by atoms with Gasteiger partial charge in [-0.15, -0.1) is 5.10 Å². The van der Waals surface area contributed by atoms with E-state index in [0.717, 1.165) is 69.6 Å². The lowest BCUT2D eigenvalue weighted by Crippen LogP contribution is -2.47. The van der Waals surface area contributed by atoms with Crippen LogP contribution in [0.2, 0.25) is 0 Å². The molecule has 1 fully saturated rings. The normalized spacial score (nSPS) is 17.6. The van der Waals surface area contributed by atoms with Crippen molar-refractivity contribution >= 4 is 0 Å². The number of hydrogen-bond donors (Lipinski definition) is 0. The van der Waals surface area contributed by atoms with Crippen LogP contribution >= 0.6 is 0 Å². The summed E-state index contributed by atoms with van der Waals surface area (Å²) in [4.78, 5) is 21.7. The Balaban J connectivity index is 1.16. The summed E-state index contributed by atoms with van der Waals surface area (Å²) in [7, 11) is 0. The Kier molecular flexibility index (Phi) is 5.90. The standard InChI is InChI=1S/C22H30N8O2/c1-17-13-18(2)30(24-17)20-3-4-22(31)29(25-20)10-9-26-5-7-27(8-6-26)15-19-14-23-21-16-32-12-11-28(19)21/h3-4,13-14H,5-12,15-16H2,1-2H3. The topological polar surface area (TPSA) is 86.2 Å². The van der Waals surface area contributed by atoms with E-state index in [9.17, 15) is 4.79 Å². The fourth-order valence-corrected chi connectivity index (χ4v) is 4.50. The number of aromatic nitrogens is 6. The minimum atomic E-state index is -0.0802. The second-order valence-electron chi connectivity index (χ2n) is 8.58. The molecule has 5 rings (SSSR count). The molecule has 0 aliphatic carbocycles. The van der Waals surface area contributed by atoms with Crippen LogP contribution in [0.25, 0.3) is 5.82 Å². The summed E-state index contributed by atoms with van der Waals surface area (Å²) in [5.41, 5.74) is 3.13. The van der Waals surface area contributed by atoms with Gasteiger partial charge in [0.2, 0.25) is 0 Å². The number of imidazole rings is 1. The van der Waals surface area contributed by atoms with Crippen molar-refractivity contribution in [2.75, 3.05) is 39.3 Å². The average Bonchev–Trinajstić information content (AvgIpc) is 3.36. The zero-order valence-corrected chi connectivity index (χ0v) is 18.8. The van der Waals surface area contributed by atoms with Gasteiger partial charge in [-0.1, -0.05) is 0 Å². The van der Waals surface area contributed by atoms with Gasteiger partial charge in [-0.3, -0.25) is 14.6 Å². The molecule has 0 bridgehead atoms. The molecular weight excluding hydrogens is 408 g/mol. The van der Waals surface area contributed by atoms with Gasteiger partial charge in [-0.2, -0.15) is 5.10 Å². The van der Waals surface area contributed by atoms with Crippen LogP contribution in [0.3, 0.4) is 0 Å².